The molecule has 0 radical (unpaired) electrons. The Morgan fingerprint density at radius 3 is 2.50 bits per heavy atom. The largest absolute Gasteiger partial charge is 0.423 e. The summed E-state index contributed by atoms with van der Waals surface area (Å²) in [6.45, 7) is 5.53. The van der Waals surface area contributed by atoms with Crippen molar-refractivity contribution in [2.45, 2.75) is 18.2 Å². The van der Waals surface area contributed by atoms with Crippen LogP contribution in [-0.2, 0) is 14.8 Å². The van der Waals surface area contributed by atoms with Crippen LogP contribution in [0.25, 0.3) is 0 Å². The lowest BCUT2D eigenvalue weighted by Crippen LogP contribution is -2.24. The summed E-state index contributed by atoms with van der Waals surface area (Å²) in [5.41, 5.74) is 0. The molecule has 0 saturated carbocycles. The van der Waals surface area contributed by atoms with E-state index in [4.69, 9.17) is 4.74 Å². The van der Waals surface area contributed by atoms with Crippen LogP contribution in [0.2, 0.25) is 0 Å². The molecule has 0 aliphatic heterocycles. The van der Waals surface area contributed by atoms with Crippen LogP contribution in [0.5, 0.6) is 5.75 Å². The zero-order valence-electron chi connectivity index (χ0n) is 10.0. The Labute approximate surface area is 107 Å². The van der Waals surface area contributed by atoms with E-state index in [1.165, 1.54) is 24.3 Å². The van der Waals surface area contributed by atoms with E-state index in [-0.39, 0.29) is 10.6 Å². The molecule has 0 aliphatic rings. The molecule has 0 aliphatic carbocycles. The third-order valence-electron chi connectivity index (χ3n) is 2.06. The van der Waals surface area contributed by atoms with E-state index in [2.05, 4.69) is 11.3 Å². The summed E-state index contributed by atoms with van der Waals surface area (Å²) in [4.78, 5) is 11.1. The molecular weight excluding hydrogens is 254 g/mol. The van der Waals surface area contributed by atoms with Gasteiger partial charge in [0.05, 0.1) is 4.90 Å². The van der Waals surface area contributed by atoms with Crippen molar-refractivity contribution in [3.05, 3.63) is 36.9 Å². The molecule has 5 nitrogen and oxygen atoms in total. The number of hydrogen-bond donors (Lipinski definition) is 1. The molecule has 0 unspecified atom stereocenters. The van der Waals surface area contributed by atoms with E-state index in [0.717, 1.165) is 6.08 Å². The van der Waals surface area contributed by atoms with Gasteiger partial charge in [0.15, 0.2) is 0 Å². The monoisotopic (exact) mass is 269 g/mol. The Bertz CT molecular complexity index is 520. The quantitative estimate of drug-likeness (QED) is 0.482. The van der Waals surface area contributed by atoms with Gasteiger partial charge < -0.3 is 4.74 Å². The average molecular weight is 269 g/mol. The fraction of sp³-hybridized carbons (Fsp3) is 0.250. The maximum atomic E-state index is 11.7. The first-order chi connectivity index (χ1) is 8.49. The molecule has 0 saturated heterocycles. The smallest absolute Gasteiger partial charge is 0.335 e. The predicted octanol–water partition coefficient (Wildman–Crippen LogP) is 1.47. The summed E-state index contributed by atoms with van der Waals surface area (Å²) in [6.07, 6.45) is 1.75. The van der Waals surface area contributed by atoms with Gasteiger partial charge in [-0.2, -0.15) is 0 Å². The lowest BCUT2D eigenvalue weighted by molar-refractivity contribution is -0.128. The van der Waals surface area contributed by atoms with Gasteiger partial charge in [-0.25, -0.2) is 17.9 Å². The van der Waals surface area contributed by atoms with Crippen LogP contribution in [-0.4, -0.2) is 20.9 Å². The minimum atomic E-state index is -3.48. The van der Waals surface area contributed by atoms with Crippen molar-refractivity contribution in [1.29, 1.82) is 0 Å². The summed E-state index contributed by atoms with van der Waals surface area (Å²) in [7, 11) is -3.48. The molecule has 0 heterocycles. The first-order valence-electron chi connectivity index (χ1n) is 5.43. The number of nitrogens with one attached hydrogen (secondary N) is 1. The Morgan fingerprint density at radius 2 is 2.00 bits per heavy atom. The van der Waals surface area contributed by atoms with Crippen molar-refractivity contribution in [2.24, 2.45) is 0 Å². The van der Waals surface area contributed by atoms with Crippen molar-refractivity contribution in [2.75, 3.05) is 6.54 Å². The van der Waals surface area contributed by atoms with E-state index < -0.39 is 16.0 Å². The Kier molecular flexibility index (Phi) is 5.06. The van der Waals surface area contributed by atoms with Gasteiger partial charge in [-0.1, -0.05) is 13.5 Å². The molecule has 0 fully saturated rings. The molecule has 0 atom stereocenters. The molecule has 18 heavy (non-hydrogen) atoms. The SMILES string of the molecule is C=CC(=O)Oc1ccc(S(=O)(=O)NCCC)cc1. The highest BCUT2D eigenvalue weighted by Gasteiger charge is 2.12. The fourth-order valence-electron chi connectivity index (χ4n) is 1.16. The summed E-state index contributed by atoms with van der Waals surface area (Å²) in [6, 6.07) is 5.59. The van der Waals surface area contributed by atoms with E-state index >= 15 is 0 Å². The van der Waals surface area contributed by atoms with Crippen molar-refractivity contribution in [1.82, 2.24) is 4.72 Å². The van der Waals surface area contributed by atoms with Gasteiger partial charge in [0.2, 0.25) is 10.0 Å². The van der Waals surface area contributed by atoms with Crippen molar-refractivity contribution < 1.29 is 17.9 Å². The van der Waals surface area contributed by atoms with Crippen LogP contribution < -0.4 is 9.46 Å². The highest BCUT2D eigenvalue weighted by Crippen LogP contribution is 2.16. The van der Waals surface area contributed by atoms with Gasteiger partial charge >= 0.3 is 5.97 Å². The minimum Gasteiger partial charge on any atom is -0.423 e. The third-order valence-corrected chi connectivity index (χ3v) is 3.54. The minimum absolute atomic E-state index is 0.134. The van der Waals surface area contributed by atoms with E-state index in [1.807, 2.05) is 6.92 Å². The molecule has 1 N–H and O–H groups in total. The Balaban J connectivity index is 2.82. The Hall–Kier alpha value is -1.66. The fourth-order valence-corrected chi connectivity index (χ4v) is 2.30. The molecule has 1 aromatic rings. The van der Waals surface area contributed by atoms with Gasteiger partial charge in [0.1, 0.15) is 5.75 Å². The van der Waals surface area contributed by atoms with Gasteiger partial charge in [0, 0.05) is 12.6 Å². The molecule has 6 heteroatoms. The lowest BCUT2D eigenvalue weighted by Gasteiger charge is -2.06. The van der Waals surface area contributed by atoms with Crippen molar-refractivity contribution in [3.8, 4) is 5.75 Å². The van der Waals surface area contributed by atoms with Gasteiger partial charge in [-0.3, -0.25) is 0 Å². The van der Waals surface area contributed by atoms with E-state index in [0.29, 0.717) is 13.0 Å². The topological polar surface area (TPSA) is 72.5 Å². The normalized spacial score (nSPS) is 10.9. The van der Waals surface area contributed by atoms with E-state index in [1.54, 1.807) is 0 Å². The molecule has 0 aromatic heterocycles. The molecule has 0 amide bonds. The number of benzene rings is 1. The number of hydrogen-bond acceptors (Lipinski definition) is 4. The predicted molar refractivity (Wildman–Crippen MR) is 67.8 cm³/mol. The zero-order valence-corrected chi connectivity index (χ0v) is 10.9. The maximum absolute atomic E-state index is 11.7. The zero-order chi connectivity index (χ0) is 13.6. The highest BCUT2D eigenvalue weighted by atomic mass is 32.2. The van der Waals surface area contributed by atoms with E-state index in [9.17, 15) is 13.2 Å². The first kappa shape index (κ1) is 14.4. The number of carbonyl (C=O) groups excluding carboxylic acids is 1. The maximum Gasteiger partial charge on any atom is 0.335 e. The Morgan fingerprint density at radius 1 is 1.39 bits per heavy atom. The summed E-state index contributed by atoms with van der Waals surface area (Å²) < 4.78 is 30.8. The standard InChI is InChI=1S/C12H15NO4S/c1-3-9-13-18(15,16)11-7-5-10(6-8-11)17-12(14)4-2/h4-8,13H,2-3,9H2,1H3. The summed E-state index contributed by atoms with van der Waals surface area (Å²) in [5, 5.41) is 0. The van der Waals surface area contributed by atoms with Gasteiger partial charge in [-0.05, 0) is 30.7 Å². The second kappa shape index (κ2) is 6.32. The molecular formula is C12H15NO4S. The van der Waals surface area contributed by atoms with Crippen LogP contribution in [0.15, 0.2) is 41.8 Å². The average Bonchev–Trinajstić information content (AvgIpc) is 2.37. The van der Waals surface area contributed by atoms with Crippen LogP contribution in [0.3, 0.4) is 0 Å². The number of esters is 1. The summed E-state index contributed by atoms with van der Waals surface area (Å²) >= 11 is 0. The number of sulfonamides is 1. The van der Waals surface area contributed by atoms with Gasteiger partial charge in [-0.15, -0.1) is 0 Å². The highest BCUT2D eigenvalue weighted by molar-refractivity contribution is 7.89. The number of ether oxygens (including phenoxy) is 1. The van der Waals surface area contributed by atoms with Crippen LogP contribution in [0, 0.1) is 0 Å². The van der Waals surface area contributed by atoms with Crippen LogP contribution >= 0.6 is 0 Å². The second-order valence-corrected chi connectivity index (χ2v) is 5.26. The van der Waals surface area contributed by atoms with Gasteiger partial charge in [0.25, 0.3) is 0 Å². The number of rotatable bonds is 6. The van der Waals surface area contributed by atoms with Crippen molar-refractivity contribution in [3.63, 3.8) is 0 Å². The molecule has 0 bridgehead atoms. The molecule has 1 rings (SSSR count). The second-order valence-electron chi connectivity index (χ2n) is 3.49. The number of carbonyl (C=O) groups is 1. The third kappa shape index (κ3) is 3.97. The van der Waals surface area contributed by atoms with Crippen molar-refractivity contribution >= 4 is 16.0 Å². The first-order valence-corrected chi connectivity index (χ1v) is 6.92. The van der Waals surface area contributed by atoms with Crippen LogP contribution in [0.4, 0.5) is 0 Å². The lowest BCUT2D eigenvalue weighted by atomic mass is 10.3. The molecule has 0 spiro atoms. The summed E-state index contributed by atoms with van der Waals surface area (Å²) in [5.74, 6) is -0.316. The van der Waals surface area contributed by atoms with Crippen LogP contribution in [0.1, 0.15) is 13.3 Å². The molecule has 1 aromatic carbocycles. The molecule has 98 valence electrons.